The van der Waals surface area contributed by atoms with Gasteiger partial charge in [0.25, 0.3) is 0 Å². The number of hydrogen-bond acceptors (Lipinski definition) is 3. The minimum atomic E-state index is -0.250. The number of carbonyl (C=O) groups excluding carboxylic acids is 1. The number of hydrogen-bond donors (Lipinski definition) is 0. The molecule has 0 N–H and O–H groups in total. The summed E-state index contributed by atoms with van der Waals surface area (Å²) in [7, 11) is 0. The van der Waals surface area contributed by atoms with Gasteiger partial charge in [-0.2, -0.15) is 0 Å². The van der Waals surface area contributed by atoms with Crippen molar-refractivity contribution in [1.82, 2.24) is 0 Å². The van der Waals surface area contributed by atoms with Gasteiger partial charge in [-0.25, -0.2) is 4.79 Å². The van der Waals surface area contributed by atoms with Crippen LogP contribution in [0.5, 0.6) is 0 Å². The lowest BCUT2D eigenvalue weighted by molar-refractivity contribution is -0.143. The second kappa shape index (κ2) is 5.89. The Morgan fingerprint density at radius 2 is 2.09 bits per heavy atom. The highest BCUT2D eigenvalue weighted by molar-refractivity contribution is 5.82. The Bertz CT molecular complexity index is 152. The Kier molecular flexibility index (Phi) is 5.43. The average Bonchev–Trinajstić information content (AvgIpc) is 2.01. The fourth-order valence-electron chi connectivity index (χ4n) is 0.443. The van der Waals surface area contributed by atoms with E-state index < -0.39 is 0 Å². The number of nitrogens with zero attached hydrogens (tertiary/aromatic N) is 1. The molecule has 0 aromatic carbocycles. The molecule has 0 atom stereocenters. The zero-order valence-corrected chi connectivity index (χ0v) is 7.39. The third-order valence-corrected chi connectivity index (χ3v) is 1.27. The Morgan fingerprint density at radius 3 is 2.55 bits per heavy atom. The molecular formula is C8H15NO2. The molecule has 0 radical (unpaired) electrons. The molecule has 0 saturated carbocycles. The topological polar surface area (TPSA) is 38.7 Å². The SMILES string of the molecule is CCCC(=O)O/N=C(/C)CC. The van der Waals surface area contributed by atoms with E-state index >= 15 is 0 Å². The first-order valence-corrected chi connectivity index (χ1v) is 3.94. The van der Waals surface area contributed by atoms with E-state index in [0.717, 1.165) is 18.6 Å². The van der Waals surface area contributed by atoms with Crippen LogP contribution in [0.25, 0.3) is 0 Å². The molecule has 11 heavy (non-hydrogen) atoms. The molecule has 0 aliphatic heterocycles. The largest absolute Gasteiger partial charge is 0.334 e. The molecule has 0 amide bonds. The molecule has 64 valence electrons. The van der Waals surface area contributed by atoms with Gasteiger partial charge in [-0.15, -0.1) is 0 Å². The van der Waals surface area contributed by atoms with Crippen LogP contribution in [0.15, 0.2) is 5.16 Å². The van der Waals surface area contributed by atoms with E-state index in [2.05, 4.69) is 9.99 Å². The van der Waals surface area contributed by atoms with Crippen molar-refractivity contribution in [2.75, 3.05) is 0 Å². The number of rotatable bonds is 4. The summed E-state index contributed by atoms with van der Waals surface area (Å²) >= 11 is 0. The molecule has 3 heteroatoms. The predicted octanol–water partition coefficient (Wildman–Crippen LogP) is 2.12. The molecule has 3 nitrogen and oxygen atoms in total. The predicted molar refractivity (Wildman–Crippen MR) is 44.4 cm³/mol. The molecule has 0 unspecified atom stereocenters. The van der Waals surface area contributed by atoms with E-state index in [0.29, 0.717) is 6.42 Å². The first-order valence-electron chi connectivity index (χ1n) is 3.94. The summed E-state index contributed by atoms with van der Waals surface area (Å²) in [5.74, 6) is -0.250. The molecular weight excluding hydrogens is 142 g/mol. The van der Waals surface area contributed by atoms with E-state index in [1.165, 1.54) is 0 Å². The zero-order chi connectivity index (χ0) is 8.69. The van der Waals surface area contributed by atoms with E-state index in [-0.39, 0.29) is 5.97 Å². The maximum absolute atomic E-state index is 10.7. The highest BCUT2D eigenvalue weighted by Gasteiger charge is 1.98. The van der Waals surface area contributed by atoms with Crippen molar-refractivity contribution >= 4 is 11.7 Å². The van der Waals surface area contributed by atoms with Crippen molar-refractivity contribution in [3.05, 3.63) is 0 Å². The van der Waals surface area contributed by atoms with Crippen molar-refractivity contribution in [3.8, 4) is 0 Å². The molecule has 0 aromatic rings. The first-order chi connectivity index (χ1) is 5.20. The molecule has 0 rings (SSSR count). The minimum Gasteiger partial charge on any atom is -0.318 e. The quantitative estimate of drug-likeness (QED) is 0.356. The summed E-state index contributed by atoms with van der Waals surface area (Å²) < 4.78 is 0. The van der Waals surface area contributed by atoms with E-state index in [1.54, 1.807) is 0 Å². The van der Waals surface area contributed by atoms with Crippen molar-refractivity contribution in [1.29, 1.82) is 0 Å². The third-order valence-electron chi connectivity index (χ3n) is 1.27. The van der Waals surface area contributed by atoms with Crippen molar-refractivity contribution in [2.24, 2.45) is 5.16 Å². The highest BCUT2D eigenvalue weighted by atomic mass is 16.7. The number of carbonyl (C=O) groups is 1. The maximum atomic E-state index is 10.7. The van der Waals surface area contributed by atoms with Gasteiger partial charge in [0.05, 0.1) is 5.71 Å². The van der Waals surface area contributed by atoms with Crippen LogP contribution in [0.2, 0.25) is 0 Å². The minimum absolute atomic E-state index is 0.250. The highest BCUT2D eigenvalue weighted by Crippen LogP contribution is 1.93. The van der Waals surface area contributed by atoms with E-state index in [1.807, 2.05) is 20.8 Å². The van der Waals surface area contributed by atoms with Crippen LogP contribution in [0, 0.1) is 0 Å². The lowest BCUT2D eigenvalue weighted by atomic mass is 10.3. The third kappa shape index (κ3) is 5.58. The average molecular weight is 157 g/mol. The number of oxime groups is 1. The van der Waals surface area contributed by atoms with Crippen LogP contribution in [-0.4, -0.2) is 11.7 Å². The maximum Gasteiger partial charge on any atom is 0.334 e. The zero-order valence-electron chi connectivity index (χ0n) is 7.39. The lowest BCUT2D eigenvalue weighted by Crippen LogP contribution is -2.00. The van der Waals surface area contributed by atoms with Gasteiger partial charge in [-0.1, -0.05) is 19.0 Å². The van der Waals surface area contributed by atoms with Gasteiger partial charge >= 0.3 is 5.97 Å². The van der Waals surface area contributed by atoms with Gasteiger partial charge < -0.3 is 4.84 Å². The summed E-state index contributed by atoms with van der Waals surface area (Å²) in [5, 5.41) is 3.63. The summed E-state index contributed by atoms with van der Waals surface area (Å²) in [6.45, 7) is 5.73. The van der Waals surface area contributed by atoms with Gasteiger partial charge in [0, 0.05) is 6.42 Å². The fraction of sp³-hybridized carbons (Fsp3) is 0.750. The molecule has 0 aliphatic rings. The summed E-state index contributed by atoms with van der Waals surface area (Å²) in [5.41, 5.74) is 0.842. The van der Waals surface area contributed by atoms with Gasteiger partial charge in [0.1, 0.15) is 0 Å². The van der Waals surface area contributed by atoms with Crippen LogP contribution in [-0.2, 0) is 9.63 Å². The van der Waals surface area contributed by atoms with E-state index in [9.17, 15) is 4.79 Å². The molecule has 0 spiro atoms. The standard InChI is InChI=1S/C8H15NO2/c1-4-6-8(10)11-9-7(3)5-2/h4-6H2,1-3H3/b9-7-. The normalized spacial score (nSPS) is 11.4. The smallest absolute Gasteiger partial charge is 0.318 e. The molecule has 0 aromatic heterocycles. The lowest BCUT2D eigenvalue weighted by Gasteiger charge is -1.95. The van der Waals surface area contributed by atoms with Crippen molar-refractivity contribution in [2.45, 2.75) is 40.0 Å². The molecule has 0 fully saturated rings. The monoisotopic (exact) mass is 157 g/mol. The van der Waals surface area contributed by atoms with Crippen LogP contribution >= 0.6 is 0 Å². The summed E-state index contributed by atoms with van der Waals surface area (Å²) in [4.78, 5) is 15.3. The molecule has 0 saturated heterocycles. The fourth-order valence-corrected chi connectivity index (χ4v) is 0.443. The Morgan fingerprint density at radius 1 is 1.45 bits per heavy atom. The first kappa shape index (κ1) is 10.1. The summed E-state index contributed by atoms with van der Waals surface area (Å²) in [6, 6.07) is 0. The van der Waals surface area contributed by atoms with Gasteiger partial charge in [-0.3, -0.25) is 0 Å². The Labute approximate surface area is 67.4 Å². The van der Waals surface area contributed by atoms with Gasteiger partial charge in [-0.05, 0) is 19.8 Å². The van der Waals surface area contributed by atoms with Gasteiger partial charge in [0.2, 0.25) is 0 Å². The molecule has 0 aliphatic carbocycles. The van der Waals surface area contributed by atoms with Crippen molar-refractivity contribution in [3.63, 3.8) is 0 Å². The van der Waals surface area contributed by atoms with Crippen LogP contribution in [0.4, 0.5) is 0 Å². The molecule has 0 heterocycles. The second-order valence-electron chi connectivity index (χ2n) is 2.39. The van der Waals surface area contributed by atoms with E-state index in [4.69, 9.17) is 0 Å². The van der Waals surface area contributed by atoms with Crippen molar-refractivity contribution < 1.29 is 9.63 Å². The van der Waals surface area contributed by atoms with Crippen LogP contribution in [0.1, 0.15) is 40.0 Å². The van der Waals surface area contributed by atoms with Gasteiger partial charge in [0.15, 0.2) is 0 Å². The van der Waals surface area contributed by atoms with Crippen LogP contribution in [0.3, 0.4) is 0 Å². The Hall–Kier alpha value is -0.860. The second-order valence-corrected chi connectivity index (χ2v) is 2.39. The summed E-state index contributed by atoms with van der Waals surface area (Å²) in [6.07, 6.45) is 2.07. The van der Waals surface area contributed by atoms with Crippen LogP contribution < -0.4 is 0 Å². The Balaban J connectivity index is 3.60. The molecule has 0 bridgehead atoms.